The summed E-state index contributed by atoms with van der Waals surface area (Å²) in [6.07, 6.45) is 0.785. The highest BCUT2D eigenvalue weighted by Gasteiger charge is 2.15. The Morgan fingerprint density at radius 2 is 1.50 bits per heavy atom. The van der Waals surface area contributed by atoms with Crippen LogP contribution >= 0.6 is 0 Å². The van der Waals surface area contributed by atoms with Crippen molar-refractivity contribution in [3.63, 3.8) is 0 Å². The summed E-state index contributed by atoms with van der Waals surface area (Å²) in [4.78, 5) is 2.19. The number of benzene rings is 3. The van der Waals surface area contributed by atoms with Crippen molar-refractivity contribution in [1.29, 1.82) is 0 Å². The van der Waals surface area contributed by atoms with Gasteiger partial charge in [0.1, 0.15) is 11.6 Å². The Morgan fingerprint density at radius 1 is 0.844 bits per heavy atom. The topological polar surface area (TPSA) is 23.5 Å². The lowest BCUT2D eigenvalue weighted by atomic mass is 9.88. The van der Waals surface area contributed by atoms with Crippen molar-refractivity contribution >= 4 is 11.1 Å². The van der Waals surface area contributed by atoms with Gasteiger partial charge >= 0.3 is 0 Å². The van der Waals surface area contributed by atoms with Crippen molar-refractivity contribution in [2.75, 3.05) is 19.6 Å². The number of rotatable bonds is 7. The number of hydrogen-bond donors (Lipinski definition) is 1. The van der Waals surface area contributed by atoms with Crippen LogP contribution in [0.2, 0.25) is 0 Å². The molecular weight excluding hydrogens is 397 g/mol. The van der Waals surface area contributed by atoms with E-state index >= 15 is 4.39 Å². The van der Waals surface area contributed by atoms with Crippen LogP contribution in [0.1, 0.15) is 49.4 Å². The number of nitrogens with zero attached hydrogens (tertiary/aromatic N) is 1. The Kier molecular flexibility index (Phi) is 8.25. The minimum atomic E-state index is -0.325. The van der Waals surface area contributed by atoms with Crippen molar-refractivity contribution in [2.45, 2.75) is 27.2 Å². The highest BCUT2D eigenvalue weighted by molar-refractivity contribution is 5.98. The fourth-order valence-corrected chi connectivity index (χ4v) is 3.77. The van der Waals surface area contributed by atoms with E-state index in [1.807, 2.05) is 36.4 Å². The molecular formula is C29H30FNO. The number of phenols is 1. The predicted octanol–water partition coefficient (Wildman–Crippen LogP) is 6.59. The minimum absolute atomic E-state index is 0.205. The van der Waals surface area contributed by atoms with Crippen molar-refractivity contribution in [3.8, 4) is 17.6 Å². The quantitative estimate of drug-likeness (QED) is 0.339. The third-order valence-electron chi connectivity index (χ3n) is 5.61. The molecule has 0 aliphatic heterocycles. The maximum absolute atomic E-state index is 15.1. The molecule has 1 N–H and O–H groups in total. The van der Waals surface area contributed by atoms with E-state index in [1.54, 1.807) is 24.3 Å². The van der Waals surface area contributed by atoms with Crippen LogP contribution < -0.4 is 0 Å². The van der Waals surface area contributed by atoms with Crippen molar-refractivity contribution < 1.29 is 9.50 Å². The highest BCUT2D eigenvalue weighted by Crippen LogP contribution is 2.35. The summed E-state index contributed by atoms with van der Waals surface area (Å²) in [7, 11) is 0. The molecule has 3 rings (SSSR count). The Balaban J connectivity index is 2.08. The molecule has 0 spiro atoms. The second-order valence-corrected chi connectivity index (χ2v) is 7.58. The SMILES string of the molecule is CC/C(=C(\c1ccc(O)cc1)c1ccc(C#CCN(CC)CC)c(F)c1)c1ccccc1. The lowest BCUT2D eigenvalue weighted by Crippen LogP contribution is -2.22. The third-order valence-corrected chi connectivity index (χ3v) is 5.61. The minimum Gasteiger partial charge on any atom is -0.508 e. The van der Waals surface area contributed by atoms with E-state index in [9.17, 15) is 5.11 Å². The van der Waals surface area contributed by atoms with Gasteiger partial charge in [-0.25, -0.2) is 4.39 Å². The van der Waals surface area contributed by atoms with Crippen LogP contribution in [-0.4, -0.2) is 29.6 Å². The maximum atomic E-state index is 15.1. The molecule has 0 atom stereocenters. The Bertz CT molecular complexity index is 1120. The van der Waals surface area contributed by atoms with Gasteiger partial charge in [-0.3, -0.25) is 4.90 Å². The van der Waals surface area contributed by atoms with E-state index < -0.39 is 0 Å². The van der Waals surface area contributed by atoms with Gasteiger partial charge in [0.25, 0.3) is 0 Å². The van der Waals surface area contributed by atoms with Crippen molar-refractivity contribution in [1.82, 2.24) is 4.90 Å². The fraction of sp³-hybridized carbons (Fsp3) is 0.241. The summed E-state index contributed by atoms with van der Waals surface area (Å²) in [6.45, 7) is 8.76. The van der Waals surface area contributed by atoms with Gasteiger partial charge in [-0.05, 0) is 71.6 Å². The van der Waals surface area contributed by atoms with Gasteiger partial charge in [-0.1, -0.05) is 81.1 Å². The molecule has 0 amide bonds. The van der Waals surface area contributed by atoms with Crippen LogP contribution in [0.15, 0.2) is 72.8 Å². The zero-order valence-electron chi connectivity index (χ0n) is 19.0. The molecule has 0 heterocycles. The van der Waals surface area contributed by atoms with E-state index in [-0.39, 0.29) is 11.6 Å². The molecule has 164 valence electrons. The summed E-state index contributed by atoms with van der Waals surface area (Å²) in [5.41, 5.74) is 5.31. The van der Waals surface area contributed by atoms with Crippen molar-refractivity contribution in [2.24, 2.45) is 0 Å². The van der Waals surface area contributed by atoms with Gasteiger partial charge in [0.15, 0.2) is 0 Å². The number of allylic oxidation sites excluding steroid dienone is 1. The van der Waals surface area contributed by atoms with Crippen LogP contribution in [0.3, 0.4) is 0 Å². The maximum Gasteiger partial charge on any atom is 0.139 e. The van der Waals surface area contributed by atoms with Gasteiger partial charge in [-0.15, -0.1) is 0 Å². The monoisotopic (exact) mass is 427 g/mol. The smallest absolute Gasteiger partial charge is 0.139 e. The summed E-state index contributed by atoms with van der Waals surface area (Å²) < 4.78 is 15.1. The summed E-state index contributed by atoms with van der Waals surface area (Å²) in [5, 5.41) is 9.76. The van der Waals surface area contributed by atoms with Crippen LogP contribution in [0.5, 0.6) is 5.75 Å². The average molecular weight is 428 g/mol. The van der Waals surface area contributed by atoms with E-state index in [0.717, 1.165) is 47.3 Å². The molecule has 0 bridgehead atoms. The van der Waals surface area contributed by atoms with Gasteiger partial charge in [0.2, 0.25) is 0 Å². The number of aromatic hydroxyl groups is 1. The largest absolute Gasteiger partial charge is 0.508 e. The average Bonchev–Trinajstić information content (AvgIpc) is 2.82. The molecule has 3 aromatic rings. The number of hydrogen-bond acceptors (Lipinski definition) is 2. The van der Waals surface area contributed by atoms with E-state index in [1.165, 1.54) is 0 Å². The molecule has 32 heavy (non-hydrogen) atoms. The fourth-order valence-electron chi connectivity index (χ4n) is 3.77. The van der Waals surface area contributed by atoms with Gasteiger partial charge in [-0.2, -0.15) is 0 Å². The normalized spacial score (nSPS) is 11.7. The van der Waals surface area contributed by atoms with Gasteiger partial charge in [0.05, 0.1) is 12.1 Å². The van der Waals surface area contributed by atoms with Crippen LogP contribution in [0.25, 0.3) is 11.1 Å². The number of halogens is 1. The summed E-state index contributed by atoms with van der Waals surface area (Å²) >= 11 is 0. The zero-order chi connectivity index (χ0) is 22.9. The molecule has 0 aromatic heterocycles. The van der Waals surface area contributed by atoms with Crippen LogP contribution in [0.4, 0.5) is 4.39 Å². The lowest BCUT2D eigenvalue weighted by molar-refractivity contribution is 0.342. The van der Waals surface area contributed by atoms with E-state index in [0.29, 0.717) is 12.1 Å². The van der Waals surface area contributed by atoms with Gasteiger partial charge < -0.3 is 5.11 Å². The zero-order valence-corrected chi connectivity index (χ0v) is 19.0. The standard InChI is InChI=1S/C29H30FNO/c1-4-27(22-11-8-7-9-12-22)29(24-16-18-26(32)19-17-24)25-15-14-23(28(30)21-25)13-10-20-31(5-2)6-3/h7-9,11-12,14-19,21,32H,4-6,20H2,1-3H3/b29-27-. The molecule has 0 fully saturated rings. The number of phenolic OH excluding ortho intramolecular Hbond substituents is 1. The molecule has 0 aliphatic carbocycles. The molecule has 0 aliphatic rings. The summed E-state index contributed by atoms with van der Waals surface area (Å²) in [5.74, 6) is 5.95. The second kappa shape index (κ2) is 11.3. The molecule has 2 nitrogen and oxygen atoms in total. The first kappa shape index (κ1) is 23.3. The first-order chi connectivity index (χ1) is 15.6. The Hall–Kier alpha value is -3.35. The second-order valence-electron chi connectivity index (χ2n) is 7.58. The molecule has 0 saturated carbocycles. The Morgan fingerprint density at radius 3 is 2.09 bits per heavy atom. The van der Waals surface area contributed by atoms with Crippen LogP contribution in [0, 0.1) is 17.7 Å². The first-order valence-corrected chi connectivity index (χ1v) is 11.2. The first-order valence-electron chi connectivity index (χ1n) is 11.2. The molecule has 3 aromatic carbocycles. The lowest BCUT2D eigenvalue weighted by Gasteiger charge is -2.17. The van der Waals surface area contributed by atoms with Crippen LogP contribution in [-0.2, 0) is 0 Å². The predicted molar refractivity (Wildman–Crippen MR) is 132 cm³/mol. The van der Waals surface area contributed by atoms with E-state index in [4.69, 9.17) is 0 Å². The molecule has 3 heteroatoms. The highest BCUT2D eigenvalue weighted by atomic mass is 19.1. The van der Waals surface area contributed by atoms with Gasteiger partial charge in [0, 0.05) is 0 Å². The van der Waals surface area contributed by atoms with E-state index in [2.05, 4.69) is 49.6 Å². The van der Waals surface area contributed by atoms with Crippen molar-refractivity contribution in [3.05, 3.63) is 101 Å². The Labute approximate surface area is 191 Å². The third kappa shape index (κ3) is 5.66. The summed E-state index contributed by atoms with van der Waals surface area (Å²) in [6, 6.07) is 22.5. The molecule has 0 radical (unpaired) electrons. The molecule has 0 saturated heterocycles. The molecule has 0 unspecified atom stereocenters.